The van der Waals surface area contributed by atoms with Gasteiger partial charge in [-0.15, -0.1) is 0 Å². The van der Waals surface area contributed by atoms with Crippen molar-refractivity contribution in [2.24, 2.45) is 11.8 Å². The Hall–Kier alpha value is -2.92. The Labute approximate surface area is 184 Å². The molecule has 3 atom stereocenters. The van der Waals surface area contributed by atoms with E-state index in [1.165, 1.54) is 0 Å². The smallest absolute Gasteiger partial charge is 0.249 e. The first-order chi connectivity index (χ1) is 15.0. The van der Waals surface area contributed by atoms with Crippen molar-refractivity contribution in [1.82, 2.24) is 9.80 Å². The Morgan fingerprint density at radius 3 is 2.35 bits per heavy atom. The van der Waals surface area contributed by atoms with Crippen LogP contribution in [0.15, 0.2) is 66.7 Å². The minimum atomic E-state index is -0.0228. The van der Waals surface area contributed by atoms with E-state index >= 15 is 0 Å². The Balaban J connectivity index is 1.49. The van der Waals surface area contributed by atoms with E-state index in [4.69, 9.17) is 4.74 Å². The maximum atomic E-state index is 12.9. The minimum Gasteiger partial charge on any atom is -0.369 e. The molecule has 5 heteroatoms. The molecule has 0 bridgehead atoms. The summed E-state index contributed by atoms with van der Waals surface area (Å²) >= 11 is 0. The second-order valence-electron chi connectivity index (χ2n) is 8.67. The van der Waals surface area contributed by atoms with Crippen LogP contribution in [0.25, 0.3) is 6.08 Å². The molecule has 0 saturated carbocycles. The molecule has 4 rings (SSSR count). The van der Waals surface area contributed by atoms with Gasteiger partial charge in [0.2, 0.25) is 11.8 Å². The first-order valence-electron chi connectivity index (χ1n) is 11.0. The standard InChI is InChI=1S/C26H30N2O3/c1-19(2)31-18-25(30)28-16-22-15-27(24(29)14-13-20-9-5-3-6-10-20)17-23(22)26(28)21-11-7-4-8-12-21/h3-14,19,22-23,26H,15-18H2,1-2H3/b14-13+/t22-,23-,26+/m0/s1. The highest BCUT2D eigenvalue weighted by molar-refractivity contribution is 5.92. The molecule has 2 amide bonds. The van der Waals surface area contributed by atoms with E-state index in [2.05, 4.69) is 12.1 Å². The van der Waals surface area contributed by atoms with Gasteiger partial charge in [-0.05, 0) is 31.1 Å². The Bertz CT molecular complexity index is 926. The lowest BCUT2D eigenvalue weighted by Crippen LogP contribution is -2.39. The molecule has 2 fully saturated rings. The number of benzene rings is 2. The number of carbonyl (C=O) groups is 2. The topological polar surface area (TPSA) is 49.9 Å². The van der Waals surface area contributed by atoms with Crippen molar-refractivity contribution in [3.05, 3.63) is 77.9 Å². The summed E-state index contributed by atoms with van der Waals surface area (Å²) in [4.78, 5) is 29.7. The Morgan fingerprint density at radius 1 is 1.00 bits per heavy atom. The zero-order valence-electron chi connectivity index (χ0n) is 18.2. The van der Waals surface area contributed by atoms with Gasteiger partial charge in [0.15, 0.2) is 0 Å². The van der Waals surface area contributed by atoms with Crippen molar-refractivity contribution >= 4 is 17.9 Å². The van der Waals surface area contributed by atoms with Crippen molar-refractivity contribution < 1.29 is 14.3 Å². The average Bonchev–Trinajstić information content (AvgIpc) is 3.35. The molecule has 2 saturated heterocycles. The number of likely N-dealkylation sites (tertiary alicyclic amines) is 2. The van der Waals surface area contributed by atoms with E-state index in [1.54, 1.807) is 6.08 Å². The Morgan fingerprint density at radius 2 is 1.68 bits per heavy atom. The van der Waals surface area contributed by atoms with E-state index < -0.39 is 0 Å². The fourth-order valence-electron chi connectivity index (χ4n) is 4.72. The van der Waals surface area contributed by atoms with Crippen LogP contribution < -0.4 is 0 Å². The number of hydrogen-bond donors (Lipinski definition) is 0. The fourth-order valence-corrected chi connectivity index (χ4v) is 4.72. The van der Waals surface area contributed by atoms with Crippen LogP contribution in [0.4, 0.5) is 0 Å². The van der Waals surface area contributed by atoms with E-state index in [9.17, 15) is 9.59 Å². The summed E-state index contributed by atoms with van der Waals surface area (Å²) in [5, 5.41) is 0. The molecule has 31 heavy (non-hydrogen) atoms. The summed E-state index contributed by atoms with van der Waals surface area (Å²) in [6.45, 7) is 5.98. The van der Waals surface area contributed by atoms with Crippen molar-refractivity contribution in [2.75, 3.05) is 26.2 Å². The van der Waals surface area contributed by atoms with Crippen molar-refractivity contribution in [1.29, 1.82) is 0 Å². The van der Waals surface area contributed by atoms with Gasteiger partial charge in [-0.25, -0.2) is 0 Å². The molecule has 0 spiro atoms. The van der Waals surface area contributed by atoms with Crippen molar-refractivity contribution in [3.63, 3.8) is 0 Å². The molecule has 2 aromatic rings. The van der Waals surface area contributed by atoms with Crippen LogP contribution >= 0.6 is 0 Å². The monoisotopic (exact) mass is 418 g/mol. The van der Waals surface area contributed by atoms with Gasteiger partial charge in [0, 0.05) is 37.5 Å². The van der Waals surface area contributed by atoms with Gasteiger partial charge in [-0.2, -0.15) is 0 Å². The molecule has 2 heterocycles. The third kappa shape index (κ3) is 4.88. The third-order valence-electron chi connectivity index (χ3n) is 6.20. The van der Waals surface area contributed by atoms with E-state index in [0.29, 0.717) is 19.6 Å². The summed E-state index contributed by atoms with van der Waals surface area (Å²) < 4.78 is 5.59. The first kappa shape index (κ1) is 21.3. The van der Waals surface area contributed by atoms with Gasteiger partial charge < -0.3 is 14.5 Å². The number of carbonyl (C=O) groups excluding carboxylic acids is 2. The van der Waals surface area contributed by atoms with Gasteiger partial charge in [0.05, 0.1) is 12.1 Å². The zero-order chi connectivity index (χ0) is 21.8. The second-order valence-corrected chi connectivity index (χ2v) is 8.67. The number of amides is 2. The summed E-state index contributed by atoms with van der Waals surface area (Å²) in [6, 6.07) is 20.0. The fraction of sp³-hybridized carbons (Fsp3) is 0.385. The van der Waals surface area contributed by atoms with E-state index in [-0.39, 0.29) is 42.4 Å². The predicted octanol–water partition coefficient (Wildman–Crippen LogP) is 3.78. The van der Waals surface area contributed by atoms with Crippen LogP contribution in [0.5, 0.6) is 0 Å². The molecule has 0 unspecified atom stereocenters. The number of ether oxygens (including phenoxy) is 1. The third-order valence-corrected chi connectivity index (χ3v) is 6.20. The van der Waals surface area contributed by atoms with Gasteiger partial charge in [0.25, 0.3) is 0 Å². The maximum absolute atomic E-state index is 12.9. The SMILES string of the molecule is CC(C)OCC(=O)N1C[C@@H]2CN(C(=O)/C=C/c3ccccc3)C[C@@H]2[C@H]1c1ccccc1. The Kier molecular flexibility index (Phi) is 6.52. The quantitative estimate of drug-likeness (QED) is 0.671. The van der Waals surface area contributed by atoms with Crippen LogP contribution in [0.1, 0.15) is 31.0 Å². The molecule has 2 aliphatic rings. The van der Waals surface area contributed by atoms with Crippen LogP contribution in [-0.4, -0.2) is 54.0 Å². The molecule has 2 aromatic carbocycles. The highest BCUT2D eigenvalue weighted by atomic mass is 16.5. The molecular formula is C26H30N2O3. The van der Waals surface area contributed by atoms with E-state index in [0.717, 1.165) is 11.1 Å². The number of nitrogens with zero attached hydrogens (tertiary/aromatic N) is 2. The van der Waals surface area contributed by atoms with Gasteiger partial charge >= 0.3 is 0 Å². The van der Waals surface area contributed by atoms with Crippen LogP contribution in [0, 0.1) is 11.8 Å². The number of fused-ring (bicyclic) bond motifs is 1. The molecular weight excluding hydrogens is 388 g/mol. The number of hydrogen-bond acceptors (Lipinski definition) is 3. The predicted molar refractivity (Wildman–Crippen MR) is 121 cm³/mol. The largest absolute Gasteiger partial charge is 0.369 e. The van der Waals surface area contributed by atoms with Crippen molar-refractivity contribution in [2.45, 2.75) is 26.0 Å². The first-order valence-corrected chi connectivity index (χ1v) is 11.0. The normalized spacial score (nSPS) is 23.0. The molecule has 5 nitrogen and oxygen atoms in total. The van der Waals surface area contributed by atoms with Crippen LogP contribution in [-0.2, 0) is 14.3 Å². The number of rotatable bonds is 6. The summed E-state index contributed by atoms with van der Waals surface area (Å²) in [5.74, 6) is 0.576. The average molecular weight is 419 g/mol. The molecule has 162 valence electrons. The highest BCUT2D eigenvalue weighted by Gasteiger charge is 2.49. The second kappa shape index (κ2) is 9.48. The maximum Gasteiger partial charge on any atom is 0.249 e. The zero-order valence-corrected chi connectivity index (χ0v) is 18.2. The van der Waals surface area contributed by atoms with E-state index in [1.807, 2.05) is 78.3 Å². The minimum absolute atomic E-state index is 0.0192. The summed E-state index contributed by atoms with van der Waals surface area (Å²) in [6.07, 6.45) is 3.54. The highest BCUT2D eigenvalue weighted by Crippen LogP contribution is 2.45. The lowest BCUT2D eigenvalue weighted by molar-refractivity contribution is -0.139. The summed E-state index contributed by atoms with van der Waals surface area (Å²) in [7, 11) is 0. The van der Waals surface area contributed by atoms with Crippen LogP contribution in [0.3, 0.4) is 0 Å². The molecule has 0 aromatic heterocycles. The molecule has 0 N–H and O–H groups in total. The lowest BCUT2D eigenvalue weighted by Gasteiger charge is -2.30. The van der Waals surface area contributed by atoms with Crippen molar-refractivity contribution in [3.8, 4) is 0 Å². The lowest BCUT2D eigenvalue weighted by atomic mass is 9.89. The molecule has 2 aliphatic heterocycles. The molecule has 0 aliphatic carbocycles. The van der Waals surface area contributed by atoms with Crippen LogP contribution in [0.2, 0.25) is 0 Å². The summed E-state index contributed by atoms with van der Waals surface area (Å²) in [5.41, 5.74) is 2.14. The van der Waals surface area contributed by atoms with Gasteiger partial charge in [-0.1, -0.05) is 60.7 Å². The van der Waals surface area contributed by atoms with Gasteiger partial charge in [-0.3, -0.25) is 9.59 Å². The molecule has 0 radical (unpaired) electrons. The van der Waals surface area contributed by atoms with Gasteiger partial charge in [0.1, 0.15) is 6.61 Å².